The number of carbonyl (C=O) groups is 1. The molecular formula is C18H19ClN2O. The summed E-state index contributed by atoms with van der Waals surface area (Å²) < 4.78 is 0. The molecule has 0 bridgehead atoms. The molecule has 2 aromatic rings. The maximum atomic E-state index is 12.1. The summed E-state index contributed by atoms with van der Waals surface area (Å²) in [5.74, 6) is 0.0865. The van der Waals surface area contributed by atoms with Crippen LogP contribution in [-0.2, 0) is 11.3 Å². The zero-order valence-corrected chi connectivity index (χ0v) is 13.1. The third-order valence-electron chi connectivity index (χ3n) is 4.00. The van der Waals surface area contributed by atoms with Gasteiger partial charge in [0.1, 0.15) is 0 Å². The van der Waals surface area contributed by atoms with E-state index in [0.29, 0.717) is 6.54 Å². The van der Waals surface area contributed by atoms with Gasteiger partial charge in [0, 0.05) is 11.6 Å². The minimum atomic E-state index is -0.0392. The highest BCUT2D eigenvalue weighted by atomic mass is 35.5. The van der Waals surface area contributed by atoms with Crippen LogP contribution in [0.3, 0.4) is 0 Å². The Kier molecular flexibility index (Phi) is 4.76. The second kappa shape index (κ2) is 6.95. The average molecular weight is 315 g/mol. The SMILES string of the molecule is O=C(NCc1ccccc1-c1ccc(Cl)cc1)C1CCCN1. The fraction of sp³-hybridized carbons (Fsp3) is 0.278. The van der Waals surface area contributed by atoms with Crippen LogP contribution in [0.2, 0.25) is 5.02 Å². The summed E-state index contributed by atoms with van der Waals surface area (Å²) in [5, 5.41) is 6.98. The molecule has 2 N–H and O–H groups in total. The van der Waals surface area contributed by atoms with Gasteiger partial charge in [-0.3, -0.25) is 4.79 Å². The summed E-state index contributed by atoms with van der Waals surface area (Å²) in [7, 11) is 0. The fourth-order valence-electron chi connectivity index (χ4n) is 2.80. The second-order valence-corrected chi connectivity index (χ2v) is 5.97. The van der Waals surface area contributed by atoms with Gasteiger partial charge in [0.25, 0.3) is 0 Å². The third-order valence-corrected chi connectivity index (χ3v) is 4.25. The first kappa shape index (κ1) is 15.1. The van der Waals surface area contributed by atoms with Gasteiger partial charge < -0.3 is 10.6 Å². The van der Waals surface area contributed by atoms with E-state index in [1.54, 1.807) is 0 Å². The molecule has 1 aliphatic rings. The molecule has 3 rings (SSSR count). The van der Waals surface area contributed by atoms with Crippen molar-refractivity contribution in [1.82, 2.24) is 10.6 Å². The van der Waals surface area contributed by atoms with Gasteiger partial charge >= 0.3 is 0 Å². The van der Waals surface area contributed by atoms with Crippen molar-refractivity contribution in [1.29, 1.82) is 0 Å². The highest BCUT2D eigenvalue weighted by Crippen LogP contribution is 2.25. The molecule has 1 saturated heterocycles. The van der Waals surface area contributed by atoms with E-state index < -0.39 is 0 Å². The first-order valence-corrected chi connectivity index (χ1v) is 7.97. The van der Waals surface area contributed by atoms with Crippen LogP contribution >= 0.6 is 11.6 Å². The van der Waals surface area contributed by atoms with Crippen molar-refractivity contribution in [2.75, 3.05) is 6.54 Å². The minimum Gasteiger partial charge on any atom is -0.351 e. The smallest absolute Gasteiger partial charge is 0.237 e. The molecule has 0 radical (unpaired) electrons. The Morgan fingerprint density at radius 3 is 2.68 bits per heavy atom. The molecule has 1 atom stereocenters. The molecule has 114 valence electrons. The molecule has 0 aliphatic carbocycles. The monoisotopic (exact) mass is 314 g/mol. The van der Waals surface area contributed by atoms with Gasteiger partial charge in [-0.1, -0.05) is 48.0 Å². The highest BCUT2D eigenvalue weighted by Gasteiger charge is 2.21. The summed E-state index contributed by atoms with van der Waals surface area (Å²) in [6.07, 6.45) is 1.99. The predicted octanol–water partition coefficient (Wildman–Crippen LogP) is 3.38. The summed E-state index contributed by atoms with van der Waals surface area (Å²) in [6.45, 7) is 1.47. The molecule has 1 amide bonds. The van der Waals surface area contributed by atoms with Gasteiger partial charge in [-0.15, -0.1) is 0 Å². The van der Waals surface area contributed by atoms with Crippen molar-refractivity contribution < 1.29 is 4.79 Å². The Morgan fingerprint density at radius 2 is 1.95 bits per heavy atom. The number of carbonyl (C=O) groups excluding carboxylic acids is 1. The standard InChI is InChI=1S/C18H19ClN2O/c19-15-9-7-13(8-10-15)16-5-2-1-4-14(16)12-21-18(22)17-6-3-11-20-17/h1-2,4-5,7-10,17,20H,3,6,11-12H2,(H,21,22). The molecule has 0 aromatic heterocycles. The Hall–Kier alpha value is -1.84. The minimum absolute atomic E-state index is 0.0392. The number of hydrogen-bond donors (Lipinski definition) is 2. The van der Waals surface area contributed by atoms with Crippen molar-refractivity contribution in [3.63, 3.8) is 0 Å². The molecule has 1 heterocycles. The average Bonchev–Trinajstić information content (AvgIpc) is 3.08. The first-order valence-electron chi connectivity index (χ1n) is 7.59. The van der Waals surface area contributed by atoms with E-state index in [0.717, 1.165) is 41.1 Å². The van der Waals surface area contributed by atoms with Gasteiger partial charge in [-0.05, 0) is 48.2 Å². The van der Waals surface area contributed by atoms with Gasteiger partial charge in [0.05, 0.1) is 6.04 Å². The zero-order valence-electron chi connectivity index (χ0n) is 12.3. The largest absolute Gasteiger partial charge is 0.351 e. The molecule has 3 nitrogen and oxygen atoms in total. The van der Waals surface area contributed by atoms with Crippen LogP contribution in [0.15, 0.2) is 48.5 Å². The topological polar surface area (TPSA) is 41.1 Å². The number of rotatable bonds is 4. The van der Waals surface area contributed by atoms with Crippen LogP contribution in [0.1, 0.15) is 18.4 Å². The lowest BCUT2D eigenvalue weighted by molar-refractivity contribution is -0.122. The van der Waals surface area contributed by atoms with Crippen LogP contribution in [0.4, 0.5) is 0 Å². The maximum Gasteiger partial charge on any atom is 0.237 e. The van der Waals surface area contributed by atoms with Crippen molar-refractivity contribution >= 4 is 17.5 Å². The quantitative estimate of drug-likeness (QED) is 0.908. The lowest BCUT2D eigenvalue weighted by Crippen LogP contribution is -2.40. The molecule has 1 fully saturated rings. The van der Waals surface area contributed by atoms with Crippen molar-refractivity contribution in [2.45, 2.75) is 25.4 Å². The maximum absolute atomic E-state index is 12.1. The van der Waals surface area contributed by atoms with Crippen LogP contribution in [0.5, 0.6) is 0 Å². The summed E-state index contributed by atoms with van der Waals surface area (Å²) >= 11 is 5.95. The summed E-state index contributed by atoms with van der Waals surface area (Å²) in [4.78, 5) is 12.1. The van der Waals surface area contributed by atoms with E-state index in [4.69, 9.17) is 11.6 Å². The van der Waals surface area contributed by atoms with Crippen LogP contribution < -0.4 is 10.6 Å². The second-order valence-electron chi connectivity index (χ2n) is 5.53. The van der Waals surface area contributed by atoms with E-state index in [1.807, 2.05) is 42.5 Å². The lowest BCUT2D eigenvalue weighted by Gasteiger charge is -2.14. The Balaban J connectivity index is 1.73. The van der Waals surface area contributed by atoms with Gasteiger partial charge in [0.2, 0.25) is 5.91 Å². The van der Waals surface area contributed by atoms with E-state index in [2.05, 4.69) is 16.7 Å². The van der Waals surface area contributed by atoms with E-state index in [9.17, 15) is 4.79 Å². The third kappa shape index (κ3) is 3.49. The molecule has 2 aromatic carbocycles. The molecule has 22 heavy (non-hydrogen) atoms. The van der Waals surface area contributed by atoms with Gasteiger partial charge in [-0.25, -0.2) is 0 Å². The zero-order chi connectivity index (χ0) is 15.4. The predicted molar refractivity (Wildman–Crippen MR) is 89.8 cm³/mol. The Labute approximate surface area is 135 Å². The molecular weight excluding hydrogens is 296 g/mol. The highest BCUT2D eigenvalue weighted by molar-refractivity contribution is 6.30. The summed E-state index contributed by atoms with van der Waals surface area (Å²) in [5.41, 5.74) is 3.34. The number of amides is 1. The van der Waals surface area contributed by atoms with Crippen LogP contribution in [-0.4, -0.2) is 18.5 Å². The van der Waals surface area contributed by atoms with Crippen molar-refractivity contribution in [3.8, 4) is 11.1 Å². The van der Waals surface area contributed by atoms with Crippen molar-refractivity contribution in [3.05, 3.63) is 59.1 Å². The molecule has 0 spiro atoms. The molecule has 1 unspecified atom stereocenters. The Morgan fingerprint density at radius 1 is 1.18 bits per heavy atom. The number of hydrogen-bond acceptors (Lipinski definition) is 2. The molecule has 4 heteroatoms. The fourth-order valence-corrected chi connectivity index (χ4v) is 2.93. The molecule has 0 saturated carbocycles. The van der Waals surface area contributed by atoms with Crippen molar-refractivity contribution in [2.24, 2.45) is 0 Å². The normalized spacial score (nSPS) is 17.4. The Bertz CT molecular complexity index is 648. The van der Waals surface area contributed by atoms with Crippen LogP contribution in [0.25, 0.3) is 11.1 Å². The molecule has 1 aliphatic heterocycles. The number of nitrogens with one attached hydrogen (secondary N) is 2. The number of halogens is 1. The van der Waals surface area contributed by atoms with E-state index >= 15 is 0 Å². The van der Waals surface area contributed by atoms with E-state index in [1.165, 1.54) is 0 Å². The number of benzene rings is 2. The van der Waals surface area contributed by atoms with Gasteiger partial charge in [0.15, 0.2) is 0 Å². The lowest BCUT2D eigenvalue weighted by atomic mass is 9.99. The summed E-state index contributed by atoms with van der Waals surface area (Å²) in [6, 6.07) is 15.8. The van der Waals surface area contributed by atoms with Crippen LogP contribution in [0, 0.1) is 0 Å². The first-order chi connectivity index (χ1) is 10.7. The van der Waals surface area contributed by atoms with E-state index in [-0.39, 0.29) is 11.9 Å². The van der Waals surface area contributed by atoms with Gasteiger partial charge in [-0.2, -0.15) is 0 Å².